The molecule has 14 nitrogen and oxygen atoms in total. The van der Waals surface area contributed by atoms with Gasteiger partial charge in [-0.1, -0.05) is 30.3 Å². The Morgan fingerprint density at radius 1 is 0.935 bits per heavy atom. The van der Waals surface area contributed by atoms with E-state index in [1.54, 1.807) is 25.1 Å². The quantitative estimate of drug-likeness (QED) is 0.131. The van der Waals surface area contributed by atoms with Crippen molar-refractivity contribution in [3.63, 3.8) is 0 Å². The molecule has 15 heteroatoms. The van der Waals surface area contributed by atoms with Gasteiger partial charge in [-0.05, 0) is 55.3 Å². The lowest BCUT2D eigenvalue weighted by Crippen LogP contribution is -2.67. The molecule has 5 rings (SSSR count). The summed E-state index contributed by atoms with van der Waals surface area (Å²) in [7, 11) is -3.63. The van der Waals surface area contributed by atoms with Crippen LogP contribution in [0, 0.1) is 0 Å². The van der Waals surface area contributed by atoms with Crippen LogP contribution in [0.25, 0.3) is 6.08 Å². The number of phenolic OH excluding ortho intramolecular Hbond substituents is 1. The molecular weight excluding hydrogens is 626 g/mol. The van der Waals surface area contributed by atoms with Gasteiger partial charge in [0.05, 0.1) is 16.7 Å². The Bertz CT molecular complexity index is 1580. The van der Waals surface area contributed by atoms with Crippen LogP contribution >= 0.6 is 0 Å². The van der Waals surface area contributed by atoms with Gasteiger partial charge in [0, 0.05) is 5.57 Å². The fraction of sp³-hybridized carbons (Fsp3) is 0.452. The van der Waals surface area contributed by atoms with Crippen molar-refractivity contribution in [2.45, 2.75) is 79.9 Å². The van der Waals surface area contributed by atoms with E-state index in [0.29, 0.717) is 11.1 Å². The van der Waals surface area contributed by atoms with Gasteiger partial charge in [0.15, 0.2) is 21.3 Å². The van der Waals surface area contributed by atoms with Gasteiger partial charge in [0.25, 0.3) is 0 Å². The standard InChI is InChI=1S/C31H37NO13S/c1-15(10-11-46(40,41)18-6-4-3-5-7-18)27-25(37)26(38)31(45-27)44-20-9-8-17(13-19(20)33)12-16(2)30(39)32-21-22(34)24(36)29-28(23(21)35)42-14-43-29/h3-10,12-13,21-29,31,33-38H,11,14H2,1-2H3,(H,32,39)/b15-10-,16-12+/t21-,22+,23-,24-,25+,26+,27-,28+,29-,31-/m1/s1. The highest BCUT2D eigenvalue weighted by Gasteiger charge is 2.53. The van der Waals surface area contributed by atoms with E-state index in [1.807, 2.05) is 0 Å². The van der Waals surface area contributed by atoms with Crippen LogP contribution in [0.3, 0.4) is 0 Å². The van der Waals surface area contributed by atoms with E-state index in [-0.39, 0.29) is 34.5 Å². The number of amides is 1. The Labute approximate surface area is 265 Å². The minimum atomic E-state index is -3.63. The van der Waals surface area contributed by atoms with Crippen LogP contribution in [0.2, 0.25) is 0 Å². The van der Waals surface area contributed by atoms with Gasteiger partial charge >= 0.3 is 0 Å². The summed E-state index contributed by atoms with van der Waals surface area (Å²) in [5.74, 6) is -1.48. The lowest BCUT2D eigenvalue weighted by atomic mass is 9.83. The third-order valence-electron chi connectivity index (χ3n) is 8.26. The molecule has 3 fully saturated rings. The van der Waals surface area contributed by atoms with Crippen molar-refractivity contribution >= 4 is 21.8 Å². The number of benzene rings is 2. The lowest BCUT2D eigenvalue weighted by molar-refractivity contribution is -0.155. The number of hydrogen-bond acceptors (Lipinski definition) is 13. The molecule has 2 aliphatic heterocycles. The molecule has 10 atom stereocenters. The minimum absolute atomic E-state index is 0.0970. The van der Waals surface area contributed by atoms with Crippen LogP contribution in [-0.4, -0.2) is 119 Å². The molecule has 0 bridgehead atoms. The minimum Gasteiger partial charge on any atom is -0.504 e. The summed E-state index contributed by atoms with van der Waals surface area (Å²) < 4.78 is 47.1. The Morgan fingerprint density at radius 3 is 2.28 bits per heavy atom. The molecule has 3 aliphatic rings. The first kappa shape index (κ1) is 34.0. The van der Waals surface area contributed by atoms with E-state index in [1.165, 1.54) is 49.4 Å². The number of hydrogen-bond donors (Lipinski definition) is 7. The summed E-state index contributed by atoms with van der Waals surface area (Å²) in [5, 5.41) is 65.6. The van der Waals surface area contributed by atoms with Gasteiger partial charge < -0.3 is 54.9 Å². The van der Waals surface area contributed by atoms with Crippen LogP contribution in [0.15, 0.2) is 70.6 Å². The van der Waals surface area contributed by atoms with Crippen molar-refractivity contribution in [1.82, 2.24) is 5.32 Å². The number of aliphatic hydroxyl groups excluding tert-OH is 5. The molecule has 1 amide bonds. The van der Waals surface area contributed by atoms with Gasteiger partial charge in [-0.25, -0.2) is 8.42 Å². The first-order valence-electron chi connectivity index (χ1n) is 14.5. The van der Waals surface area contributed by atoms with Crippen LogP contribution in [0.5, 0.6) is 11.5 Å². The molecule has 250 valence electrons. The number of aromatic hydroxyl groups is 1. The average Bonchev–Trinajstić information content (AvgIpc) is 3.64. The number of carbonyl (C=O) groups is 1. The highest BCUT2D eigenvalue weighted by Crippen LogP contribution is 2.34. The van der Waals surface area contributed by atoms with Crippen molar-refractivity contribution in [3.05, 3.63) is 71.3 Å². The van der Waals surface area contributed by atoms with Crippen LogP contribution in [0.4, 0.5) is 0 Å². The SMILES string of the molecule is C/C(=C/CS(=O)(=O)c1ccccc1)[C@H]1O[C@@H](Oc2ccc(/C=C(\C)C(=O)N[C@@H]3[C@H](O)[C@@H](O)[C@H]4OCO[C@H]4[C@@H]3O)cc2O)[C@@H](O)[C@@H]1O. The maximum Gasteiger partial charge on any atom is 0.247 e. The van der Waals surface area contributed by atoms with E-state index >= 15 is 0 Å². The largest absolute Gasteiger partial charge is 0.504 e. The van der Waals surface area contributed by atoms with Crippen molar-refractivity contribution in [1.29, 1.82) is 0 Å². The molecule has 7 N–H and O–H groups in total. The predicted octanol–water partition coefficient (Wildman–Crippen LogP) is -0.636. The Kier molecular flexibility index (Phi) is 10.2. The number of phenols is 1. The number of aliphatic hydroxyl groups is 5. The Balaban J connectivity index is 1.21. The van der Waals surface area contributed by atoms with Crippen molar-refractivity contribution in [2.75, 3.05) is 12.5 Å². The lowest BCUT2D eigenvalue weighted by Gasteiger charge is -2.41. The van der Waals surface area contributed by atoms with Gasteiger partial charge in [-0.15, -0.1) is 0 Å². The van der Waals surface area contributed by atoms with Gasteiger partial charge in [0.1, 0.15) is 55.6 Å². The van der Waals surface area contributed by atoms with Gasteiger partial charge in [0.2, 0.25) is 12.2 Å². The van der Waals surface area contributed by atoms with Crippen molar-refractivity contribution in [3.8, 4) is 11.5 Å². The fourth-order valence-corrected chi connectivity index (χ4v) is 6.83. The second-order valence-electron chi connectivity index (χ2n) is 11.5. The molecule has 2 aromatic rings. The maximum absolute atomic E-state index is 12.9. The normalized spacial score (nSPS) is 33.5. The number of rotatable bonds is 9. The van der Waals surface area contributed by atoms with Gasteiger partial charge in [-0.2, -0.15) is 0 Å². The van der Waals surface area contributed by atoms with E-state index in [4.69, 9.17) is 18.9 Å². The summed E-state index contributed by atoms with van der Waals surface area (Å²) in [5.41, 5.74) is 0.881. The molecule has 0 radical (unpaired) electrons. The molecule has 2 heterocycles. The van der Waals surface area contributed by atoms with Crippen LogP contribution < -0.4 is 10.1 Å². The Morgan fingerprint density at radius 2 is 1.61 bits per heavy atom. The maximum atomic E-state index is 12.9. The number of nitrogens with one attached hydrogen (secondary N) is 1. The molecule has 2 aromatic carbocycles. The smallest absolute Gasteiger partial charge is 0.247 e. The zero-order valence-electron chi connectivity index (χ0n) is 24.9. The van der Waals surface area contributed by atoms with Crippen LogP contribution in [-0.2, 0) is 28.8 Å². The summed E-state index contributed by atoms with van der Waals surface area (Å²) >= 11 is 0. The second kappa shape index (κ2) is 13.8. The fourth-order valence-electron chi connectivity index (χ4n) is 5.59. The first-order chi connectivity index (χ1) is 21.8. The van der Waals surface area contributed by atoms with E-state index in [0.717, 1.165) is 0 Å². The second-order valence-corrected chi connectivity index (χ2v) is 13.5. The van der Waals surface area contributed by atoms with E-state index < -0.39 is 76.9 Å². The number of carbonyl (C=O) groups excluding carboxylic acids is 1. The molecule has 0 unspecified atom stereocenters. The molecule has 0 spiro atoms. The third kappa shape index (κ3) is 6.97. The van der Waals surface area contributed by atoms with Gasteiger partial charge in [-0.3, -0.25) is 4.79 Å². The molecule has 1 saturated carbocycles. The average molecular weight is 664 g/mol. The Hall–Kier alpha value is -3.38. The van der Waals surface area contributed by atoms with E-state index in [2.05, 4.69) is 5.32 Å². The first-order valence-corrected chi connectivity index (χ1v) is 16.2. The van der Waals surface area contributed by atoms with E-state index in [9.17, 15) is 43.9 Å². The van der Waals surface area contributed by atoms with Crippen molar-refractivity contribution < 1.29 is 62.8 Å². The summed E-state index contributed by atoms with van der Waals surface area (Å²) in [6.45, 7) is 2.87. The number of ether oxygens (including phenoxy) is 4. The molecule has 2 saturated heterocycles. The highest BCUT2D eigenvalue weighted by atomic mass is 32.2. The summed E-state index contributed by atoms with van der Waals surface area (Å²) in [4.78, 5) is 13.0. The monoisotopic (exact) mass is 663 g/mol. The topological polar surface area (TPSA) is 222 Å². The molecule has 46 heavy (non-hydrogen) atoms. The predicted molar refractivity (Wildman–Crippen MR) is 160 cm³/mol. The highest BCUT2D eigenvalue weighted by molar-refractivity contribution is 7.91. The van der Waals surface area contributed by atoms with Crippen molar-refractivity contribution in [2.24, 2.45) is 0 Å². The molecule has 0 aromatic heterocycles. The van der Waals surface area contributed by atoms with Crippen LogP contribution in [0.1, 0.15) is 19.4 Å². The summed E-state index contributed by atoms with van der Waals surface area (Å²) in [6, 6.07) is 10.8. The third-order valence-corrected chi connectivity index (χ3v) is 9.86. The summed E-state index contributed by atoms with van der Waals surface area (Å²) in [6.07, 6.45) is -8.69. The molecule has 1 aliphatic carbocycles. The zero-order valence-corrected chi connectivity index (χ0v) is 25.7. The number of fused-ring (bicyclic) bond motifs is 1. The molecular formula is C31H37NO13S. The number of sulfone groups is 1. The zero-order chi connectivity index (χ0) is 33.3.